The highest BCUT2D eigenvalue weighted by Crippen LogP contribution is 2.44. The molecule has 0 saturated carbocycles. The van der Waals surface area contributed by atoms with Crippen LogP contribution in [-0.2, 0) is 18.9 Å². The van der Waals surface area contributed by atoms with Gasteiger partial charge in [0.05, 0.1) is 12.0 Å². The number of imidazole rings is 1. The lowest BCUT2D eigenvalue weighted by Gasteiger charge is -2.27. The summed E-state index contributed by atoms with van der Waals surface area (Å²) in [7, 11) is 0. The van der Waals surface area contributed by atoms with Crippen LogP contribution in [0, 0.1) is 12.3 Å². The normalized spacial score (nSPS) is 24.6. The quantitative estimate of drug-likeness (QED) is 0.531. The van der Waals surface area contributed by atoms with E-state index < -0.39 is 29.8 Å². The number of terminal acetylenes is 1. The van der Waals surface area contributed by atoms with Crippen molar-refractivity contribution in [1.82, 2.24) is 19.5 Å². The molecule has 0 spiro atoms. The highest BCUT2D eigenvalue weighted by Gasteiger charge is 2.55. The maximum atomic E-state index is 13.5. The molecule has 2 aliphatic heterocycles. The van der Waals surface area contributed by atoms with Gasteiger partial charge in [0, 0.05) is 12.1 Å². The van der Waals surface area contributed by atoms with Gasteiger partial charge in [0.1, 0.15) is 30.2 Å². The van der Waals surface area contributed by atoms with Gasteiger partial charge in [0.2, 0.25) is 0 Å². The van der Waals surface area contributed by atoms with Crippen LogP contribution in [0.15, 0.2) is 36.9 Å². The van der Waals surface area contributed by atoms with Crippen LogP contribution in [-0.4, -0.2) is 61.9 Å². The van der Waals surface area contributed by atoms with E-state index >= 15 is 0 Å². The minimum absolute atomic E-state index is 0.237. The van der Waals surface area contributed by atoms with E-state index in [-0.39, 0.29) is 24.6 Å². The summed E-state index contributed by atoms with van der Waals surface area (Å²) in [5, 5.41) is 0. The lowest BCUT2D eigenvalue weighted by atomic mass is 10.1. The average molecular weight is 507 g/mol. The predicted octanol–water partition coefficient (Wildman–Crippen LogP) is 3.26. The molecule has 11 nitrogen and oxygen atoms in total. The molecule has 0 unspecified atom stereocenters. The number of fused-ring (bicyclic) bond motifs is 2. The molecule has 0 bridgehead atoms. The molecule has 4 atom stereocenters. The predicted molar refractivity (Wildman–Crippen MR) is 135 cm³/mol. The Morgan fingerprint density at radius 3 is 2.70 bits per heavy atom. The summed E-state index contributed by atoms with van der Waals surface area (Å²) in [5.41, 5.74) is 7.10. The average Bonchev–Trinajstić information content (AvgIpc) is 3.49. The van der Waals surface area contributed by atoms with Crippen LogP contribution in [0.1, 0.15) is 46.4 Å². The lowest BCUT2D eigenvalue weighted by Crippen LogP contribution is -2.34. The number of benzene rings is 1. The maximum absolute atomic E-state index is 13.5. The number of hydrogen-bond acceptors (Lipinski definition) is 9. The standard InChI is InChI=1S/C26H30N6O5/c1-7-15-9-8-10-16(11-15)32(24(33)37-25(2,3)4)22-18-21(28-13-29-22)31(14-30-18)23-20-19(17(12-27)34-23)35-26(5,6)36-20/h1,8-11,13-14,17,19-20,23H,12,27H2,2-6H3/t17-,19-,20-,23-/m1/s1. The van der Waals surface area contributed by atoms with Crippen LogP contribution in [0.2, 0.25) is 0 Å². The second kappa shape index (κ2) is 9.08. The Morgan fingerprint density at radius 1 is 1.24 bits per heavy atom. The van der Waals surface area contributed by atoms with Gasteiger partial charge in [-0.3, -0.25) is 4.57 Å². The van der Waals surface area contributed by atoms with Crippen molar-refractivity contribution in [1.29, 1.82) is 0 Å². The highest BCUT2D eigenvalue weighted by atomic mass is 16.8. The van der Waals surface area contributed by atoms with Gasteiger partial charge >= 0.3 is 6.09 Å². The third kappa shape index (κ3) is 4.65. The second-order valence-corrected chi connectivity index (χ2v) is 10.4. The first-order valence-corrected chi connectivity index (χ1v) is 12.0. The zero-order chi connectivity index (χ0) is 26.5. The molecule has 1 amide bonds. The Kier molecular flexibility index (Phi) is 6.16. The largest absolute Gasteiger partial charge is 0.443 e. The van der Waals surface area contributed by atoms with Crippen LogP contribution < -0.4 is 10.6 Å². The molecule has 1 aromatic carbocycles. The minimum atomic E-state index is -0.781. The third-order valence-electron chi connectivity index (χ3n) is 6.03. The lowest BCUT2D eigenvalue weighted by molar-refractivity contribution is -0.195. The fraction of sp³-hybridized carbons (Fsp3) is 0.462. The summed E-state index contributed by atoms with van der Waals surface area (Å²) >= 11 is 0. The molecule has 2 N–H and O–H groups in total. The molecular weight excluding hydrogens is 476 g/mol. The first-order chi connectivity index (χ1) is 17.5. The van der Waals surface area contributed by atoms with E-state index in [1.807, 2.05) is 13.8 Å². The molecule has 5 rings (SSSR count). The van der Waals surface area contributed by atoms with Gasteiger partial charge in [-0.15, -0.1) is 6.42 Å². The van der Waals surface area contributed by atoms with Crippen molar-refractivity contribution in [2.45, 2.75) is 70.5 Å². The smallest absolute Gasteiger partial charge is 0.420 e. The summed E-state index contributed by atoms with van der Waals surface area (Å²) < 4.78 is 25.9. The van der Waals surface area contributed by atoms with Gasteiger partial charge in [0.15, 0.2) is 29.0 Å². The van der Waals surface area contributed by atoms with Crippen molar-refractivity contribution in [2.24, 2.45) is 5.73 Å². The molecule has 4 heterocycles. The summed E-state index contributed by atoms with van der Waals surface area (Å²) in [5.74, 6) is 2.05. The number of amides is 1. The summed E-state index contributed by atoms with van der Waals surface area (Å²) in [6, 6.07) is 6.99. The molecule has 37 heavy (non-hydrogen) atoms. The SMILES string of the molecule is C#Cc1cccc(N(C(=O)OC(C)(C)C)c2ncnc3c2ncn3[C@@H]2O[C@H](CN)[C@H]3OC(C)(C)O[C@H]32)c1. The van der Waals surface area contributed by atoms with Crippen molar-refractivity contribution in [3.05, 3.63) is 42.5 Å². The summed E-state index contributed by atoms with van der Waals surface area (Å²) in [4.78, 5) is 28.2. The minimum Gasteiger partial charge on any atom is -0.443 e. The molecule has 2 fully saturated rings. The molecule has 11 heteroatoms. The molecule has 194 valence electrons. The fourth-order valence-electron chi connectivity index (χ4n) is 4.62. The van der Waals surface area contributed by atoms with Crippen molar-refractivity contribution in [3.8, 4) is 12.3 Å². The first kappa shape index (κ1) is 25.1. The molecule has 2 aliphatic rings. The Hall–Kier alpha value is -3.56. The molecule has 3 aromatic rings. The maximum Gasteiger partial charge on any atom is 0.420 e. The topological polar surface area (TPSA) is 127 Å². The van der Waals surface area contributed by atoms with Crippen LogP contribution in [0.5, 0.6) is 0 Å². The van der Waals surface area contributed by atoms with Gasteiger partial charge < -0.3 is 24.7 Å². The van der Waals surface area contributed by atoms with Crippen LogP contribution >= 0.6 is 0 Å². The Bertz CT molecular complexity index is 1370. The number of ether oxygens (including phenoxy) is 4. The van der Waals surface area contributed by atoms with Crippen LogP contribution in [0.4, 0.5) is 16.3 Å². The Labute approximate surface area is 214 Å². The monoisotopic (exact) mass is 506 g/mol. The Balaban J connectivity index is 1.60. The molecule has 2 saturated heterocycles. The number of rotatable bonds is 4. The zero-order valence-electron chi connectivity index (χ0n) is 21.4. The van der Waals surface area contributed by atoms with Gasteiger partial charge in [0.25, 0.3) is 0 Å². The molecular formula is C26H30N6O5. The number of anilines is 2. The van der Waals surface area contributed by atoms with E-state index in [0.29, 0.717) is 22.4 Å². The number of hydrogen-bond donors (Lipinski definition) is 1. The number of carbonyl (C=O) groups excluding carboxylic acids is 1. The number of carbonyl (C=O) groups is 1. The molecule has 0 aliphatic carbocycles. The van der Waals surface area contributed by atoms with E-state index in [1.165, 1.54) is 11.2 Å². The van der Waals surface area contributed by atoms with E-state index in [0.717, 1.165) is 0 Å². The highest BCUT2D eigenvalue weighted by molar-refractivity contribution is 6.01. The van der Waals surface area contributed by atoms with Crippen molar-refractivity contribution in [2.75, 3.05) is 11.4 Å². The van der Waals surface area contributed by atoms with Gasteiger partial charge in [-0.2, -0.15) is 0 Å². The first-order valence-electron chi connectivity index (χ1n) is 12.0. The van der Waals surface area contributed by atoms with E-state index in [1.54, 1.807) is 55.9 Å². The number of aromatic nitrogens is 4. The number of nitrogens with zero attached hydrogens (tertiary/aromatic N) is 5. The fourth-order valence-corrected chi connectivity index (χ4v) is 4.62. The second-order valence-electron chi connectivity index (χ2n) is 10.4. The number of nitrogens with two attached hydrogens (primary N) is 1. The van der Waals surface area contributed by atoms with Crippen LogP contribution in [0.3, 0.4) is 0 Å². The molecule has 0 radical (unpaired) electrons. The van der Waals surface area contributed by atoms with Gasteiger partial charge in [-0.05, 0) is 52.8 Å². The summed E-state index contributed by atoms with van der Waals surface area (Å²) in [6.45, 7) is 9.34. The van der Waals surface area contributed by atoms with Gasteiger partial charge in [-0.1, -0.05) is 12.0 Å². The summed E-state index contributed by atoms with van der Waals surface area (Å²) in [6.07, 6.45) is 6.21. The third-order valence-corrected chi connectivity index (χ3v) is 6.03. The van der Waals surface area contributed by atoms with Crippen molar-refractivity contribution >= 4 is 28.8 Å². The van der Waals surface area contributed by atoms with E-state index in [4.69, 9.17) is 31.1 Å². The Morgan fingerprint density at radius 2 is 2.00 bits per heavy atom. The van der Waals surface area contributed by atoms with Crippen LogP contribution in [0.25, 0.3) is 11.2 Å². The van der Waals surface area contributed by atoms with E-state index in [2.05, 4.69) is 20.9 Å². The molecule has 2 aromatic heterocycles. The van der Waals surface area contributed by atoms with Gasteiger partial charge in [-0.25, -0.2) is 24.6 Å². The van der Waals surface area contributed by atoms with Crippen molar-refractivity contribution < 1.29 is 23.7 Å². The van der Waals surface area contributed by atoms with E-state index in [9.17, 15) is 4.79 Å². The van der Waals surface area contributed by atoms with Crippen molar-refractivity contribution in [3.63, 3.8) is 0 Å². The zero-order valence-corrected chi connectivity index (χ0v) is 21.4.